The highest BCUT2D eigenvalue weighted by Crippen LogP contribution is 2.26. The third-order valence-corrected chi connectivity index (χ3v) is 3.97. The first kappa shape index (κ1) is 18.7. The van der Waals surface area contributed by atoms with Gasteiger partial charge in [0.25, 0.3) is 0 Å². The van der Waals surface area contributed by atoms with E-state index in [1.165, 1.54) is 0 Å². The molecule has 1 rings (SSSR count). The van der Waals surface area contributed by atoms with Crippen LogP contribution >= 0.6 is 0 Å². The van der Waals surface area contributed by atoms with Crippen molar-refractivity contribution in [1.82, 2.24) is 0 Å². The van der Waals surface area contributed by atoms with E-state index in [1.807, 2.05) is 13.8 Å². The van der Waals surface area contributed by atoms with Crippen molar-refractivity contribution in [3.05, 3.63) is 0 Å². The van der Waals surface area contributed by atoms with Gasteiger partial charge in [0.2, 0.25) is 0 Å². The van der Waals surface area contributed by atoms with Gasteiger partial charge >= 0.3 is 11.9 Å². The summed E-state index contributed by atoms with van der Waals surface area (Å²) < 4.78 is 11.0. The van der Waals surface area contributed by atoms with Crippen LogP contribution in [0.2, 0.25) is 0 Å². The molecule has 3 unspecified atom stereocenters. The molecule has 3 atom stereocenters. The molecule has 0 aromatic carbocycles. The Hall–Kier alpha value is -1.39. The first-order chi connectivity index (χ1) is 10.6. The van der Waals surface area contributed by atoms with E-state index in [4.69, 9.17) is 9.47 Å². The molecular weight excluding hydrogens is 284 g/mol. The zero-order valence-corrected chi connectivity index (χ0v) is 13.7. The highest BCUT2D eigenvalue weighted by atomic mass is 16.6. The normalized spacial score (nSPS) is 25.6. The van der Waals surface area contributed by atoms with Gasteiger partial charge in [-0.1, -0.05) is 13.8 Å². The molecule has 0 spiro atoms. The number of carbonyl (C=O) groups excluding carboxylic acids is 3. The first-order valence-electron chi connectivity index (χ1n) is 8.44. The maximum absolute atomic E-state index is 11.8. The molecule has 0 aromatic rings. The minimum Gasteiger partial charge on any atom is -0.458 e. The molecule has 1 aliphatic rings. The van der Waals surface area contributed by atoms with Gasteiger partial charge < -0.3 is 14.3 Å². The van der Waals surface area contributed by atoms with Crippen LogP contribution in [0.3, 0.4) is 0 Å². The molecule has 22 heavy (non-hydrogen) atoms. The first-order valence-corrected chi connectivity index (χ1v) is 8.44. The highest BCUT2D eigenvalue weighted by Gasteiger charge is 2.31. The number of hydrogen-bond acceptors (Lipinski definition) is 5. The lowest BCUT2D eigenvalue weighted by Crippen LogP contribution is -2.37. The van der Waals surface area contributed by atoms with Crippen LogP contribution in [0.25, 0.3) is 0 Å². The van der Waals surface area contributed by atoms with Crippen LogP contribution in [0.4, 0.5) is 0 Å². The van der Waals surface area contributed by atoms with Gasteiger partial charge in [0.05, 0.1) is 0 Å². The highest BCUT2D eigenvalue weighted by molar-refractivity contribution is 5.70. The molecule has 0 saturated heterocycles. The van der Waals surface area contributed by atoms with Crippen LogP contribution in [-0.2, 0) is 23.9 Å². The molecule has 1 fully saturated rings. The number of esters is 2. The quantitative estimate of drug-likeness (QED) is 0.533. The van der Waals surface area contributed by atoms with E-state index >= 15 is 0 Å². The van der Waals surface area contributed by atoms with Crippen molar-refractivity contribution in [1.29, 1.82) is 0 Å². The Bertz CT molecular complexity index is 366. The molecule has 5 heteroatoms. The second kappa shape index (κ2) is 10.4. The summed E-state index contributed by atoms with van der Waals surface area (Å²) in [6.45, 7) is 3.84. The zero-order valence-electron chi connectivity index (χ0n) is 13.7. The summed E-state index contributed by atoms with van der Waals surface area (Å²) in [5, 5.41) is 0. The van der Waals surface area contributed by atoms with Crippen molar-refractivity contribution in [2.75, 3.05) is 0 Å². The Morgan fingerprint density at radius 1 is 0.909 bits per heavy atom. The average molecular weight is 312 g/mol. The number of rotatable bonds is 7. The number of aldehydes is 1. The number of ether oxygens (including phenoxy) is 2. The molecule has 1 saturated carbocycles. The third kappa shape index (κ3) is 6.58. The van der Waals surface area contributed by atoms with Gasteiger partial charge in [-0.2, -0.15) is 0 Å². The van der Waals surface area contributed by atoms with Gasteiger partial charge in [-0.15, -0.1) is 0 Å². The molecular formula is C17H28O5. The second-order valence-corrected chi connectivity index (χ2v) is 5.96. The zero-order chi connectivity index (χ0) is 16.4. The van der Waals surface area contributed by atoms with Crippen LogP contribution in [0.15, 0.2) is 0 Å². The molecule has 0 aliphatic heterocycles. The summed E-state index contributed by atoms with van der Waals surface area (Å²) in [6, 6.07) is 0. The summed E-state index contributed by atoms with van der Waals surface area (Å²) in [5.74, 6) is -0.483. The Morgan fingerprint density at radius 2 is 1.45 bits per heavy atom. The Kier molecular flexibility index (Phi) is 8.78. The second-order valence-electron chi connectivity index (χ2n) is 5.96. The fraction of sp³-hybridized carbons (Fsp3) is 0.824. The molecule has 0 amide bonds. The third-order valence-electron chi connectivity index (χ3n) is 3.97. The van der Waals surface area contributed by atoms with Gasteiger partial charge in [0.15, 0.2) is 0 Å². The summed E-state index contributed by atoms with van der Waals surface area (Å²) in [7, 11) is 0. The minimum absolute atomic E-state index is 0.0136. The smallest absolute Gasteiger partial charge is 0.306 e. The molecule has 0 aromatic heterocycles. The molecule has 5 nitrogen and oxygen atoms in total. The predicted molar refractivity (Wildman–Crippen MR) is 82.2 cm³/mol. The minimum atomic E-state index is -0.428. The van der Waals surface area contributed by atoms with Gasteiger partial charge in [-0.05, 0) is 44.9 Å². The van der Waals surface area contributed by atoms with Crippen molar-refractivity contribution in [2.45, 2.75) is 83.8 Å². The topological polar surface area (TPSA) is 69.7 Å². The van der Waals surface area contributed by atoms with E-state index in [1.54, 1.807) is 0 Å². The molecule has 1 aliphatic carbocycles. The standard InChI is InChI=1S/C17H28O5/c1-3-6-16(19)21-14-9-5-8-13(12-18)10-11-15(14)22-17(20)7-4-2/h12-15H,3-11H2,1-2H3. The van der Waals surface area contributed by atoms with Crippen LogP contribution in [0.1, 0.15) is 71.6 Å². The molecule has 0 radical (unpaired) electrons. The van der Waals surface area contributed by atoms with Crippen molar-refractivity contribution in [3.8, 4) is 0 Å². The average Bonchev–Trinajstić information content (AvgIpc) is 2.46. The van der Waals surface area contributed by atoms with Gasteiger partial charge in [0, 0.05) is 18.8 Å². The summed E-state index contributed by atoms with van der Waals surface area (Å²) in [4.78, 5) is 34.6. The van der Waals surface area contributed by atoms with E-state index in [-0.39, 0.29) is 24.0 Å². The molecule has 0 bridgehead atoms. The van der Waals surface area contributed by atoms with Gasteiger partial charge in [0.1, 0.15) is 18.5 Å². The number of carbonyl (C=O) groups is 3. The van der Waals surface area contributed by atoms with Crippen LogP contribution in [-0.4, -0.2) is 30.4 Å². The summed E-state index contributed by atoms with van der Waals surface area (Å²) in [6.07, 6.45) is 5.87. The largest absolute Gasteiger partial charge is 0.458 e. The Morgan fingerprint density at radius 3 is 1.95 bits per heavy atom. The fourth-order valence-electron chi connectivity index (χ4n) is 2.75. The van der Waals surface area contributed by atoms with E-state index in [9.17, 15) is 14.4 Å². The lowest BCUT2D eigenvalue weighted by Gasteiger charge is -2.30. The fourth-order valence-corrected chi connectivity index (χ4v) is 2.75. The summed E-state index contributed by atoms with van der Waals surface area (Å²) in [5.41, 5.74) is 0. The Balaban J connectivity index is 2.70. The van der Waals surface area contributed by atoms with Crippen molar-refractivity contribution in [3.63, 3.8) is 0 Å². The van der Waals surface area contributed by atoms with Crippen molar-refractivity contribution < 1.29 is 23.9 Å². The van der Waals surface area contributed by atoms with E-state index in [2.05, 4.69) is 0 Å². The summed E-state index contributed by atoms with van der Waals surface area (Å²) >= 11 is 0. The molecule has 126 valence electrons. The maximum atomic E-state index is 11.8. The molecule has 0 heterocycles. The van der Waals surface area contributed by atoms with E-state index in [0.29, 0.717) is 32.1 Å². The lowest BCUT2D eigenvalue weighted by molar-refractivity contribution is -0.170. The van der Waals surface area contributed by atoms with E-state index < -0.39 is 6.10 Å². The van der Waals surface area contributed by atoms with Crippen LogP contribution in [0, 0.1) is 5.92 Å². The van der Waals surface area contributed by atoms with Crippen LogP contribution < -0.4 is 0 Å². The van der Waals surface area contributed by atoms with Gasteiger partial charge in [-0.3, -0.25) is 9.59 Å². The van der Waals surface area contributed by atoms with E-state index in [0.717, 1.165) is 32.0 Å². The van der Waals surface area contributed by atoms with Crippen LogP contribution in [0.5, 0.6) is 0 Å². The maximum Gasteiger partial charge on any atom is 0.306 e. The molecule has 0 N–H and O–H groups in total. The predicted octanol–water partition coefficient (Wildman–Crippen LogP) is 3.19. The van der Waals surface area contributed by atoms with Crippen molar-refractivity contribution >= 4 is 18.2 Å². The SMILES string of the molecule is CCCC(=O)OC1CCCC(C=O)CCC1OC(=O)CCC. The monoisotopic (exact) mass is 312 g/mol. The van der Waals surface area contributed by atoms with Gasteiger partial charge in [-0.25, -0.2) is 0 Å². The number of hydrogen-bond donors (Lipinski definition) is 0. The van der Waals surface area contributed by atoms with Crippen molar-refractivity contribution in [2.24, 2.45) is 5.92 Å². The Labute approximate surface area is 132 Å². The lowest BCUT2D eigenvalue weighted by atomic mass is 9.89.